The molecule has 4 aromatic rings. The highest BCUT2D eigenvalue weighted by atomic mass is 79.9. The molecule has 1 aromatic carbocycles. The van der Waals surface area contributed by atoms with Crippen LogP contribution in [0.15, 0.2) is 42.8 Å². The fourth-order valence-electron chi connectivity index (χ4n) is 3.43. The first kappa shape index (κ1) is 22.9. The van der Waals surface area contributed by atoms with Crippen molar-refractivity contribution < 1.29 is 0 Å². The number of thioether (sulfide) groups is 1. The lowest BCUT2D eigenvalue weighted by Crippen LogP contribution is -1.89. The highest BCUT2D eigenvalue weighted by Crippen LogP contribution is 2.46. The average molecular weight is 603 g/mol. The Balaban J connectivity index is 1.67. The molecule has 0 fully saturated rings. The first-order valence-electron chi connectivity index (χ1n) is 10.1. The van der Waals surface area contributed by atoms with Gasteiger partial charge in [0, 0.05) is 25.8 Å². The van der Waals surface area contributed by atoms with Crippen LogP contribution >= 0.6 is 78.0 Å². The van der Waals surface area contributed by atoms with Gasteiger partial charge >= 0.3 is 0 Å². The van der Waals surface area contributed by atoms with E-state index in [9.17, 15) is 0 Å². The van der Waals surface area contributed by atoms with Crippen molar-refractivity contribution in [1.82, 2.24) is 8.75 Å². The topological polar surface area (TPSA) is 25.8 Å². The van der Waals surface area contributed by atoms with Crippen LogP contribution in [0.5, 0.6) is 0 Å². The molecule has 0 spiro atoms. The number of unbranched alkanes of at least 4 members (excludes halogenated alkanes) is 5. The summed E-state index contributed by atoms with van der Waals surface area (Å²) in [5.74, 6) is 1.14. The summed E-state index contributed by atoms with van der Waals surface area (Å²) in [6.07, 6.45) is 7.95. The maximum atomic E-state index is 4.74. The highest BCUT2D eigenvalue weighted by molar-refractivity contribution is 9.11. The number of aromatic nitrogens is 2. The van der Waals surface area contributed by atoms with Crippen LogP contribution in [0, 0.1) is 0 Å². The predicted octanol–water partition coefficient (Wildman–Crippen LogP) is 10.1. The molecule has 158 valence electrons. The summed E-state index contributed by atoms with van der Waals surface area (Å²) < 4.78 is 11.7. The van der Waals surface area contributed by atoms with Gasteiger partial charge in [-0.3, -0.25) is 0 Å². The predicted molar refractivity (Wildman–Crippen MR) is 144 cm³/mol. The summed E-state index contributed by atoms with van der Waals surface area (Å²) >= 11 is 14.0. The van der Waals surface area contributed by atoms with E-state index >= 15 is 0 Å². The fourth-order valence-corrected chi connectivity index (χ4v) is 8.03. The van der Waals surface area contributed by atoms with Crippen LogP contribution < -0.4 is 0 Å². The van der Waals surface area contributed by atoms with E-state index in [1.54, 1.807) is 22.7 Å². The van der Waals surface area contributed by atoms with E-state index in [2.05, 4.69) is 73.5 Å². The van der Waals surface area contributed by atoms with Gasteiger partial charge in [-0.05, 0) is 74.4 Å². The Morgan fingerprint density at radius 2 is 1.50 bits per heavy atom. The molecule has 0 aliphatic rings. The number of rotatable bonds is 10. The van der Waals surface area contributed by atoms with Crippen molar-refractivity contribution >= 4 is 89.1 Å². The third-order valence-corrected chi connectivity index (χ3v) is 9.87. The Labute approximate surface area is 211 Å². The first-order chi connectivity index (χ1) is 14.7. The van der Waals surface area contributed by atoms with Gasteiger partial charge in [0.25, 0.3) is 0 Å². The van der Waals surface area contributed by atoms with E-state index in [4.69, 9.17) is 4.37 Å². The molecule has 8 heteroatoms. The van der Waals surface area contributed by atoms with Crippen molar-refractivity contribution in [3.05, 3.63) is 37.9 Å². The lowest BCUT2D eigenvalue weighted by Gasteiger charge is -2.12. The third-order valence-electron chi connectivity index (χ3n) is 4.92. The van der Waals surface area contributed by atoms with Gasteiger partial charge in [0.1, 0.15) is 11.0 Å². The van der Waals surface area contributed by atoms with Gasteiger partial charge in [0.15, 0.2) is 0 Å². The summed E-state index contributed by atoms with van der Waals surface area (Å²) in [6.45, 7) is 2.27. The molecule has 0 saturated heterocycles. The molecule has 0 unspecified atom stereocenters. The molecule has 3 heterocycles. The Kier molecular flexibility index (Phi) is 8.45. The summed E-state index contributed by atoms with van der Waals surface area (Å²) in [4.78, 5) is 3.81. The van der Waals surface area contributed by atoms with Crippen LogP contribution in [0.4, 0.5) is 0 Å². The number of benzene rings is 1. The largest absolute Gasteiger partial charge is 0.172 e. The van der Waals surface area contributed by atoms with Crippen LogP contribution in [-0.2, 0) is 0 Å². The van der Waals surface area contributed by atoms with E-state index in [1.807, 2.05) is 11.8 Å². The van der Waals surface area contributed by atoms with Crippen LogP contribution in [-0.4, -0.2) is 14.5 Å². The third kappa shape index (κ3) is 5.38. The first-order valence-corrected chi connectivity index (χ1v) is 15.0. The van der Waals surface area contributed by atoms with Crippen LogP contribution in [0.25, 0.3) is 31.9 Å². The average Bonchev–Trinajstić information content (AvgIpc) is 3.48. The minimum absolute atomic E-state index is 1.01. The number of nitrogens with zero attached hydrogens (tertiary/aromatic N) is 2. The molecule has 0 N–H and O–H groups in total. The van der Waals surface area contributed by atoms with Gasteiger partial charge in [-0.25, -0.2) is 0 Å². The van der Waals surface area contributed by atoms with E-state index < -0.39 is 0 Å². The van der Waals surface area contributed by atoms with Crippen molar-refractivity contribution in [3.8, 4) is 20.9 Å². The highest BCUT2D eigenvalue weighted by Gasteiger charge is 2.20. The Bertz CT molecular complexity index is 1120. The minimum Gasteiger partial charge on any atom is -0.172 e. The molecule has 2 nitrogen and oxygen atoms in total. The quantitative estimate of drug-likeness (QED) is 0.133. The second-order valence-electron chi connectivity index (χ2n) is 7.08. The zero-order chi connectivity index (χ0) is 20.9. The second-order valence-corrected chi connectivity index (χ2v) is 13.7. The van der Waals surface area contributed by atoms with E-state index in [-0.39, 0.29) is 0 Å². The van der Waals surface area contributed by atoms with Crippen molar-refractivity contribution in [3.63, 3.8) is 0 Å². The van der Waals surface area contributed by atoms with Gasteiger partial charge in [0.2, 0.25) is 0 Å². The number of thiophene rings is 2. The maximum Gasteiger partial charge on any atom is 0.115 e. The number of halogens is 2. The molecule has 0 aliphatic carbocycles. The molecule has 0 amide bonds. The summed E-state index contributed by atoms with van der Waals surface area (Å²) in [7, 11) is 0. The van der Waals surface area contributed by atoms with Gasteiger partial charge in [-0.15, -0.1) is 34.4 Å². The van der Waals surface area contributed by atoms with Gasteiger partial charge in [-0.2, -0.15) is 8.75 Å². The zero-order valence-corrected chi connectivity index (χ0v) is 23.1. The maximum absolute atomic E-state index is 4.74. The second kappa shape index (κ2) is 11.1. The van der Waals surface area contributed by atoms with Crippen molar-refractivity contribution in [2.24, 2.45) is 0 Å². The Hall–Kier alpha value is -0.250. The van der Waals surface area contributed by atoms with E-state index in [1.165, 1.54) is 76.0 Å². The minimum atomic E-state index is 1.01. The molecule has 0 aliphatic heterocycles. The lowest BCUT2D eigenvalue weighted by molar-refractivity contribution is 0.627. The number of fused-ring (bicyclic) bond motifs is 1. The molecular weight excluding hydrogens is 580 g/mol. The summed E-state index contributed by atoms with van der Waals surface area (Å²) in [6, 6.07) is 10.9. The normalized spacial score (nSPS) is 11.6. The molecule has 30 heavy (non-hydrogen) atoms. The SMILES string of the molecule is CCCCCCCCSc1cc(-c2ccc(Br)s2)c2nsnc2c1-c1ccc(Br)s1. The fraction of sp³-hybridized carbons (Fsp3) is 0.364. The molecular formula is C22H22Br2N2S4. The lowest BCUT2D eigenvalue weighted by atomic mass is 10.1. The Morgan fingerprint density at radius 1 is 0.833 bits per heavy atom. The van der Waals surface area contributed by atoms with E-state index in [0.717, 1.165) is 24.4 Å². The Morgan fingerprint density at radius 3 is 2.20 bits per heavy atom. The van der Waals surface area contributed by atoms with Crippen LogP contribution in [0.2, 0.25) is 0 Å². The van der Waals surface area contributed by atoms with Crippen LogP contribution in [0.1, 0.15) is 45.4 Å². The van der Waals surface area contributed by atoms with E-state index in [0.29, 0.717) is 0 Å². The molecule has 3 aromatic heterocycles. The molecule has 0 atom stereocenters. The smallest absolute Gasteiger partial charge is 0.115 e. The zero-order valence-electron chi connectivity index (χ0n) is 16.6. The van der Waals surface area contributed by atoms with Crippen molar-refractivity contribution in [2.45, 2.75) is 50.3 Å². The van der Waals surface area contributed by atoms with Crippen molar-refractivity contribution in [2.75, 3.05) is 5.75 Å². The standard InChI is InChI=1S/C22H22Br2N2S4/c1-2-3-4-5-6-7-12-27-17-13-14(15-8-10-18(23)28-15)21-22(26-30-25-21)20(17)16-9-11-19(24)29-16/h8-11,13H,2-7,12H2,1H3. The number of hydrogen-bond donors (Lipinski definition) is 0. The van der Waals surface area contributed by atoms with Crippen LogP contribution in [0.3, 0.4) is 0 Å². The summed E-state index contributed by atoms with van der Waals surface area (Å²) in [5, 5.41) is 0. The summed E-state index contributed by atoms with van der Waals surface area (Å²) in [5.41, 5.74) is 4.48. The molecule has 4 rings (SSSR count). The molecule has 0 bridgehead atoms. The van der Waals surface area contributed by atoms with Gasteiger partial charge in [0.05, 0.1) is 19.3 Å². The monoisotopic (exact) mass is 600 g/mol. The number of hydrogen-bond acceptors (Lipinski definition) is 6. The van der Waals surface area contributed by atoms with Gasteiger partial charge in [-0.1, -0.05) is 39.0 Å². The van der Waals surface area contributed by atoms with Crippen molar-refractivity contribution in [1.29, 1.82) is 0 Å². The molecule has 0 saturated carbocycles. The van der Waals surface area contributed by atoms with Gasteiger partial charge < -0.3 is 0 Å². The molecule has 0 radical (unpaired) electrons.